The number of aromatic nitrogens is 5. The van der Waals surface area contributed by atoms with Crippen molar-refractivity contribution < 1.29 is 27.8 Å². The van der Waals surface area contributed by atoms with Crippen molar-refractivity contribution in [2.24, 2.45) is 14.1 Å². The quantitative estimate of drug-likeness (QED) is 0.555. The summed E-state index contributed by atoms with van der Waals surface area (Å²) < 4.78 is 47.2. The van der Waals surface area contributed by atoms with Crippen LogP contribution in [-0.2, 0) is 20.3 Å². The van der Waals surface area contributed by atoms with Gasteiger partial charge < -0.3 is 15.2 Å². The molecule has 0 aliphatic rings. The van der Waals surface area contributed by atoms with E-state index in [-0.39, 0.29) is 17.4 Å². The fourth-order valence-electron chi connectivity index (χ4n) is 3.33. The second kappa shape index (κ2) is 8.92. The van der Waals surface area contributed by atoms with E-state index in [1.54, 1.807) is 27.7 Å². The maximum Gasteiger partial charge on any atom is 0.453 e. The van der Waals surface area contributed by atoms with Crippen molar-refractivity contribution in [2.45, 2.75) is 39.9 Å². The first-order valence-corrected chi connectivity index (χ1v) is 10.3. The van der Waals surface area contributed by atoms with Crippen LogP contribution in [0.2, 0.25) is 0 Å². The largest absolute Gasteiger partial charge is 0.494 e. The highest BCUT2D eigenvalue weighted by molar-refractivity contribution is 6.06. The molecule has 35 heavy (non-hydrogen) atoms. The van der Waals surface area contributed by atoms with Crippen molar-refractivity contribution in [3.63, 3.8) is 0 Å². The molecule has 3 aromatic rings. The lowest BCUT2D eigenvalue weighted by Crippen LogP contribution is -2.41. The monoisotopic (exact) mass is 496 g/mol. The molecule has 0 aliphatic carbocycles. The SMILES string of the molecule is Cc1cc(Oc2nc(C(F)(F)F)nn2C(C)C)cc(C)c1NC(=O)c1c(O)n(C)c(=O)n(C)c1=O. The van der Waals surface area contributed by atoms with Gasteiger partial charge in [0.15, 0.2) is 5.56 Å². The van der Waals surface area contributed by atoms with E-state index >= 15 is 0 Å². The summed E-state index contributed by atoms with van der Waals surface area (Å²) in [4.78, 5) is 40.6. The summed E-state index contributed by atoms with van der Waals surface area (Å²) in [6.45, 7) is 6.44. The summed E-state index contributed by atoms with van der Waals surface area (Å²) in [7, 11) is 2.38. The Morgan fingerprint density at radius 1 is 1.11 bits per heavy atom. The Bertz CT molecular complexity index is 1410. The van der Waals surface area contributed by atoms with E-state index in [9.17, 15) is 32.7 Å². The normalized spacial score (nSPS) is 11.7. The first kappa shape index (κ1) is 25.5. The van der Waals surface area contributed by atoms with Gasteiger partial charge in [-0.2, -0.15) is 18.2 Å². The number of nitrogens with one attached hydrogen (secondary N) is 1. The number of nitrogens with zero attached hydrogens (tertiary/aromatic N) is 5. The smallest absolute Gasteiger partial charge is 0.453 e. The number of alkyl halides is 3. The average Bonchev–Trinajstić information content (AvgIpc) is 3.18. The minimum absolute atomic E-state index is 0.141. The molecule has 3 rings (SSSR count). The topological polar surface area (TPSA) is 133 Å². The molecule has 0 spiro atoms. The summed E-state index contributed by atoms with van der Waals surface area (Å²) in [5.41, 5.74) is -1.24. The molecule has 0 atom stereocenters. The molecule has 1 aromatic carbocycles. The van der Waals surface area contributed by atoms with E-state index in [4.69, 9.17) is 4.74 Å². The van der Waals surface area contributed by atoms with E-state index in [1.165, 1.54) is 26.2 Å². The fourth-order valence-corrected chi connectivity index (χ4v) is 3.33. The van der Waals surface area contributed by atoms with Crippen molar-refractivity contribution in [1.29, 1.82) is 0 Å². The zero-order chi connectivity index (χ0) is 26.4. The van der Waals surface area contributed by atoms with Crippen molar-refractivity contribution in [3.8, 4) is 17.6 Å². The lowest BCUT2D eigenvalue weighted by Gasteiger charge is -2.16. The number of aromatic hydroxyl groups is 1. The summed E-state index contributed by atoms with van der Waals surface area (Å²) in [6, 6.07) is 2.08. The first-order valence-electron chi connectivity index (χ1n) is 10.3. The summed E-state index contributed by atoms with van der Waals surface area (Å²) in [5.74, 6) is -2.94. The van der Waals surface area contributed by atoms with E-state index < -0.39 is 46.6 Å². The third-order valence-corrected chi connectivity index (χ3v) is 5.16. The van der Waals surface area contributed by atoms with Crippen LogP contribution in [0.1, 0.15) is 47.2 Å². The van der Waals surface area contributed by atoms with Crippen LogP contribution < -0.4 is 21.3 Å². The van der Waals surface area contributed by atoms with E-state index in [0.29, 0.717) is 15.7 Å². The van der Waals surface area contributed by atoms with Crippen LogP contribution >= 0.6 is 0 Å². The number of hydrogen-bond donors (Lipinski definition) is 2. The van der Waals surface area contributed by atoms with E-state index in [0.717, 1.165) is 9.25 Å². The number of anilines is 1. The number of hydrogen-bond acceptors (Lipinski definition) is 7. The van der Waals surface area contributed by atoms with Crippen molar-refractivity contribution in [2.75, 3.05) is 5.32 Å². The van der Waals surface area contributed by atoms with Gasteiger partial charge in [0.1, 0.15) is 5.75 Å². The van der Waals surface area contributed by atoms with Gasteiger partial charge in [0.2, 0.25) is 5.88 Å². The summed E-state index contributed by atoms with van der Waals surface area (Å²) >= 11 is 0. The molecule has 0 aliphatic heterocycles. The molecule has 2 aromatic heterocycles. The van der Waals surface area contributed by atoms with Gasteiger partial charge >= 0.3 is 17.9 Å². The van der Waals surface area contributed by atoms with Gasteiger partial charge in [0.05, 0.1) is 6.04 Å². The van der Waals surface area contributed by atoms with Crippen molar-refractivity contribution in [1.82, 2.24) is 23.9 Å². The number of amides is 1. The van der Waals surface area contributed by atoms with E-state index in [1.807, 2.05) is 0 Å². The van der Waals surface area contributed by atoms with Crippen LogP contribution in [0.5, 0.6) is 17.6 Å². The van der Waals surface area contributed by atoms with Gasteiger partial charge in [-0.3, -0.25) is 18.7 Å². The van der Waals surface area contributed by atoms with Gasteiger partial charge in [-0.1, -0.05) is 0 Å². The molecule has 0 radical (unpaired) electrons. The predicted molar refractivity (Wildman–Crippen MR) is 118 cm³/mol. The maximum atomic E-state index is 13.1. The molecule has 2 heterocycles. The number of ether oxygens (including phenoxy) is 1. The first-order chi connectivity index (χ1) is 16.1. The van der Waals surface area contributed by atoms with Crippen LogP contribution in [0, 0.1) is 13.8 Å². The second-order valence-electron chi connectivity index (χ2n) is 8.15. The molecular formula is C21H23F3N6O5. The maximum absolute atomic E-state index is 13.1. The molecule has 0 saturated carbocycles. The number of benzene rings is 1. The zero-order valence-electron chi connectivity index (χ0n) is 19.7. The Labute approximate surface area is 196 Å². The number of halogens is 3. The predicted octanol–water partition coefficient (Wildman–Crippen LogP) is 2.64. The van der Waals surface area contributed by atoms with Crippen LogP contribution in [0.25, 0.3) is 0 Å². The Balaban J connectivity index is 1.96. The lowest BCUT2D eigenvalue weighted by atomic mass is 10.1. The molecule has 0 fully saturated rings. The van der Waals surface area contributed by atoms with Gasteiger partial charge in [-0.15, -0.1) is 5.10 Å². The van der Waals surface area contributed by atoms with Gasteiger partial charge in [-0.25, -0.2) is 9.48 Å². The number of carbonyl (C=O) groups is 1. The average molecular weight is 496 g/mol. The standard InChI is InChI=1S/C21H23F3N6O5/c1-9(2)30-19(26-18(27-30)21(22,23)24)35-12-7-10(3)14(11(4)8-12)25-15(31)13-16(32)28(5)20(34)29(6)17(13)33/h7-9,32H,1-6H3,(H,25,31). The third-order valence-electron chi connectivity index (χ3n) is 5.16. The Hall–Kier alpha value is -4.10. The van der Waals surface area contributed by atoms with Crippen molar-refractivity contribution >= 4 is 11.6 Å². The molecule has 0 saturated heterocycles. The Kier molecular flexibility index (Phi) is 6.51. The molecule has 14 heteroatoms. The van der Waals surface area contributed by atoms with Gasteiger partial charge in [0, 0.05) is 19.8 Å². The van der Waals surface area contributed by atoms with Crippen LogP contribution in [0.4, 0.5) is 18.9 Å². The molecule has 0 bridgehead atoms. The number of rotatable bonds is 5. The second-order valence-corrected chi connectivity index (χ2v) is 8.15. The zero-order valence-corrected chi connectivity index (χ0v) is 19.7. The molecule has 2 N–H and O–H groups in total. The Morgan fingerprint density at radius 3 is 2.20 bits per heavy atom. The summed E-state index contributed by atoms with van der Waals surface area (Å²) in [6.07, 6.45) is -4.75. The summed E-state index contributed by atoms with van der Waals surface area (Å²) in [5, 5.41) is 16.2. The van der Waals surface area contributed by atoms with Crippen molar-refractivity contribution in [3.05, 3.63) is 55.5 Å². The molecule has 11 nitrogen and oxygen atoms in total. The van der Waals surface area contributed by atoms with Crippen LogP contribution in [0.15, 0.2) is 21.7 Å². The highest BCUT2D eigenvalue weighted by Gasteiger charge is 2.38. The van der Waals surface area contributed by atoms with Gasteiger partial charge in [-0.05, 0) is 51.0 Å². The van der Waals surface area contributed by atoms with Gasteiger partial charge in [0.25, 0.3) is 17.3 Å². The van der Waals surface area contributed by atoms with Crippen LogP contribution in [-0.4, -0.2) is 34.9 Å². The molecule has 0 unspecified atom stereocenters. The fraction of sp³-hybridized carbons (Fsp3) is 0.381. The highest BCUT2D eigenvalue weighted by Crippen LogP contribution is 2.33. The minimum Gasteiger partial charge on any atom is -0.494 e. The highest BCUT2D eigenvalue weighted by atomic mass is 19.4. The molecule has 188 valence electrons. The minimum atomic E-state index is -4.75. The van der Waals surface area contributed by atoms with Crippen LogP contribution in [0.3, 0.4) is 0 Å². The number of aryl methyl sites for hydroxylation is 2. The molecular weight excluding hydrogens is 473 g/mol. The third kappa shape index (κ3) is 4.76. The molecule has 1 amide bonds. The lowest BCUT2D eigenvalue weighted by molar-refractivity contribution is -0.145. The Morgan fingerprint density at radius 2 is 1.69 bits per heavy atom. The van der Waals surface area contributed by atoms with E-state index in [2.05, 4.69) is 15.4 Å². The number of carbonyl (C=O) groups excluding carboxylic acids is 1.